The van der Waals surface area contributed by atoms with Gasteiger partial charge in [-0.2, -0.15) is 0 Å². The largest absolute Gasteiger partial charge is 0.370 e. The molecule has 3 heteroatoms. The van der Waals surface area contributed by atoms with E-state index >= 15 is 0 Å². The maximum Gasteiger partial charge on any atom is 0.191 e. The predicted molar refractivity (Wildman–Crippen MR) is 70.9 cm³/mol. The third kappa shape index (κ3) is 2.07. The Morgan fingerprint density at radius 2 is 2.00 bits per heavy atom. The van der Waals surface area contributed by atoms with E-state index in [-0.39, 0.29) is 0 Å². The van der Waals surface area contributed by atoms with E-state index in [9.17, 15) is 0 Å². The van der Waals surface area contributed by atoms with Crippen molar-refractivity contribution in [2.45, 2.75) is 57.0 Å². The summed E-state index contributed by atoms with van der Waals surface area (Å²) in [6.45, 7) is 0.931. The number of hydrogen-bond donors (Lipinski definition) is 1. The molecule has 1 fully saturated rings. The van der Waals surface area contributed by atoms with Gasteiger partial charge in [0, 0.05) is 6.04 Å². The minimum absolute atomic E-state index is 0.586. The first kappa shape index (κ1) is 11.1. The van der Waals surface area contributed by atoms with Gasteiger partial charge in [0.15, 0.2) is 5.96 Å². The highest BCUT2D eigenvalue weighted by molar-refractivity contribution is 5.80. The van der Waals surface area contributed by atoms with Crippen molar-refractivity contribution in [1.29, 1.82) is 0 Å². The first-order valence-electron chi connectivity index (χ1n) is 7.09. The van der Waals surface area contributed by atoms with Gasteiger partial charge in [0.05, 0.1) is 12.6 Å². The van der Waals surface area contributed by atoms with Crippen LogP contribution in [-0.2, 0) is 0 Å². The van der Waals surface area contributed by atoms with Crippen molar-refractivity contribution in [3.63, 3.8) is 0 Å². The molecule has 0 aromatic heterocycles. The van der Waals surface area contributed by atoms with E-state index in [1.54, 1.807) is 0 Å². The fraction of sp³-hybridized carbons (Fsp3) is 0.786. The maximum atomic E-state index is 6.11. The highest BCUT2D eigenvalue weighted by Gasteiger charge is 2.37. The topological polar surface area (TPSA) is 41.6 Å². The lowest BCUT2D eigenvalue weighted by Crippen LogP contribution is -2.49. The third-order valence-corrected chi connectivity index (χ3v) is 4.63. The fourth-order valence-electron chi connectivity index (χ4n) is 3.71. The zero-order valence-corrected chi connectivity index (χ0v) is 10.5. The average Bonchev–Trinajstić information content (AvgIpc) is 2.99. The Labute approximate surface area is 104 Å². The van der Waals surface area contributed by atoms with Gasteiger partial charge in [-0.3, -0.25) is 4.99 Å². The van der Waals surface area contributed by atoms with Gasteiger partial charge < -0.3 is 10.6 Å². The SMILES string of the molecule is NC1=NCC(C2CC=CCC2)N1C1CCCC1. The molecule has 0 spiro atoms. The van der Waals surface area contributed by atoms with Crippen LogP contribution in [0.4, 0.5) is 0 Å². The molecule has 94 valence electrons. The smallest absolute Gasteiger partial charge is 0.191 e. The number of hydrogen-bond acceptors (Lipinski definition) is 3. The summed E-state index contributed by atoms with van der Waals surface area (Å²) in [6, 6.07) is 1.26. The summed E-state index contributed by atoms with van der Waals surface area (Å²) in [5, 5.41) is 0. The number of allylic oxidation sites excluding steroid dienone is 2. The molecule has 0 radical (unpaired) electrons. The van der Waals surface area contributed by atoms with Crippen molar-refractivity contribution in [3.05, 3.63) is 12.2 Å². The van der Waals surface area contributed by atoms with E-state index in [0.717, 1.165) is 18.4 Å². The van der Waals surface area contributed by atoms with E-state index < -0.39 is 0 Å². The van der Waals surface area contributed by atoms with Crippen LogP contribution in [-0.4, -0.2) is 29.5 Å². The molecule has 3 aliphatic rings. The van der Waals surface area contributed by atoms with Crippen molar-refractivity contribution in [1.82, 2.24) is 4.90 Å². The van der Waals surface area contributed by atoms with Crippen LogP contribution in [0.25, 0.3) is 0 Å². The Balaban J connectivity index is 1.73. The average molecular weight is 233 g/mol. The summed E-state index contributed by atoms with van der Waals surface area (Å²) in [6.07, 6.45) is 13.8. The molecule has 3 nitrogen and oxygen atoms in total. The van der Waals surface area contributed by atoms with Crippen LogP contribution in [0, 0.1) is 5.92 Å². The number of guanidine groups is 1. The van der Waals surface area contributed by atoms with Crippen LogP contribution in [0.5, 0.6) is 0 Å². The molecular weight excluding hydrogens is 210 g/mol. The summed E-state index contributed by atoms with van der Waals surface area (Å²) in [5.74, 6) is 1.59. The molecule has 0 aromatic rings. The van der Waals surface area contributed by atoms with E-state index in [2.05, 4.69) is 22.0 Å². The van der Waals surface area contributed by atoms with Crippen LogP contribution < -0.4 is 5.73 Å². The Morgan fingerprint density at radius 3 is 2.71 bits per heavy atom. The minimum atomic E-state index is 0.586. The second kappa shape index (κ2) is 4.71. The summed E-state index contributed by atoms with van der Waals surface area (Å²) in [7, 11) is 0. The number of nitrogens with two attached hydrogens (primary N) is 1. The molecule has 17 heavy (non-hydrogen) atoms. The molecule has 2 unspecified atom stereocenters. The Bertz CT molecular complexity index is 328. The van der Waals surface area contributed by atoms with Crippen molar-refractivity contribution >= 4 is 5.96 Å². The van der Waals surface area contributed by atoms with Gasteiger partial charge in [0.25, 0.3) is 0 Å². The van der Waals surface area contributed by atoms with Gasteiger partial charge in [-0.15, -0.1) is 0 Å². The van der Waals surface area contributed by atoms with Gasteiger partial charge >= 0.3 is 0 Å². The monoisotopic (exact) mass is 233 g/mol. The van der Waals surface area contributed by atoms with Gasteiger partial charge in [-0.25, -0.2) is 0 Å². The van der Waals surface area contributed by atoms with E-state index in [4.69, 9.17) is 5.73 Å². The van der Waals surface area contributed by atoms with Crippen LogP contribution in [0.3, 0.4) is 0 Å². The lowest BCUT2D eigenvalue weighted by Gasteiger charge is -2.37. The molecule has 3 rings (SSSR count). The van der Waals surface area contributed by atoms with Crippen LogP contribution >= 0.6 is 0 Å². The van der Waals surface area contributed by atoms with E-state index in [0.29, 0.717) is 12.1 Å². The molecule has 0 saturated heterocycles. The molecule has 0 bridgehead atoms. The Morgan fingerprint density at radius 1 is 1.18 bits per heavy atom. The zero-order valence-electron chi connectivity index (χ0n) is 10.5. The number of rotatable bonds is 2. The first-order valence-corrected chi connectivity index (χ1v) is 7.09. The summed E-state index contributed by atoms with van der Waals surface area (Å²) in [5.41, 5.74) is 6.11. The molecule has 2 N–H and O–H groups in total. The standard InChI is InChI=1S/C14H23N3/c15-14-16-10-13(11-6-2-1-3-7-11)17(14)12-8-4-5-9-12/h1-2,11-13H,3-10H2,(H2,15,16). The number of nitrogens with zero attached hydrogens (tertiary/aromatic N) is 2. The lowest BCUT2D eigenvalue weighted by molar-refractivity contribution is 0.188. The molecule has 0 amide bonds. The molecule has 2 aliphatic carbocycles. The van der Waals surface area contributed by atoms with Crippen molar-refractivity contribution in [2.75, 3.05) is 6.54 Å². The third-order valence-electron chi connectivity index (χ3n) is 4.63. The van der Waals surface area contributed by atoms with Gasteiger partial charge in [0.1, 0.15) is 0 Å². The zero-order chi connectivity index (χ0) is 11.7. The molecule has 0 aromatic carbocycles. The Hall–Kier alpha value is -0.990. The van der Waals surface area contributed by atoms with Crippen molar-refractivity contribution < 1.29 is 0 Å². The van der Waals surface area contributed by atoms with E-state index in [1.807, 2.05) is 0 Å². The summed E-state index contributed by atoms with van der Waals surface area (Å²) in [4.78, 5) is 6.98. The Kier molecular flexibility index (Phi) is 3.08. The lowest BCUT2D eigenvalue weighted by atomic mass is 9.86. The summed E-state index contributed by atoms with van der Waals surface area (Å²) >= 11 is 0. The highest BCUT2D eigenvalue weighted by atomic mass is 15.3. The van der Waals surface area contributed by atoms with Crippen molar-refractivity contribution in [3.8, 4) is 0 Å². The quantitative estimate of drug-likeness (QED) is 0.743. The molecule has 1 saturated carbocycles. The summed E-state index contributed by atoms with van der Waals surface area (Å²) < 4.78 is 0. The second-order valence-electron chi connectivity index (χ2n) is 5.66. The van der Waals surface area contributed by atoms with Crippen LogP contribution in [0.2, 0.25) is 0 Å². The molecule has 2 atom stereocenters. The maximum absolute atomic E-state index is 6.11. The molecule has 1 heterocycles. The highest BCUT2D eigenvalue weighted by Crippen LogP contribution is 2.33. The van der Waals surface area contributed by atoms with Gasteiger partial charge in [-0.1, -0.05) is 25.0 Å². The van der Waals surface area contributed by atoms with Gasteiger partial charge in [0.2, 0.25) is 0 Å². The molecular formula is C14H23N3. The van der Waals surface area contributed by atoms with Crippen LogP contribution in [0.1, 0.15) is 44.9 Å². The van der Waals surface area contributed by atoms with Gasteiger partial charge in [-0.05, 0) is 38.0 Å². The first-order chi connectivity index (χ1) is 8.36. The number of aliphatic imine (C=N–C) groups is 1. The van der Waals surface area contributed by atoms with E-state index in [1.165, 1.54) is 44.9 Å². The predicted octanol–water partition coefficient (Wildman–Crippen LogP) is 2.28. The van der Waals surface area contributed by atoms with Crippen LogP contribution in [0.15, 0.2) is 17.1 Å². The molecule has 1 aliphatic heterocycles. The van der Waals surface area contributed by atoms with Crippen molar-refractivity contribution in [2.24, 2.45) is 16.6 Å². The fourth-order valence-corrected chi connectivity index (χ4v) is 3.71. The second-order valence-corrected chi connectivity index (χ2v) is 5.66. The normalized spacial score (nSPS) is 34.4. The minimum Gasteiger partial charge on any atom is -0.370 e.